The van der Waals surface area contributed by atoms with Gasteiger partial charge >= 0.3 is 5.97 Å². The summed E-state index contributed by atoms with van der Waals surface area (Å²) >= 11 is 0. The Morgan fingerprint density at radius 1 is 1.33 bits per heavy atom. The Balaban J connectivity index is 2.01. The lowest BCUT2D eigenvalue weighted by Gasteiger charge is -2.15. The second kappa shape index (κ2) is 7.07. The van der Waals surface area contributed by atoms with Gasteiger partial charge in [0, 0.05) is 18.9 Å². The highest BCUT2D eigenvalue weighted by Crippen LogP contribution is 2.13. The molecular formula is C17H22N2O2. The summed E-state index contributed by atoms with van der Waals surface area (Å²) < 4.78 is 7.44. The quantitative estimate of drug-likeness (QED) is 0.763. The summed E-state index contributed by atoms with van der Waals surface area (Å²) in [6.45, 7) is 6.88. The molecule has 0 saturated heterocycles. The Labute approximate surface area is 125 Å². The predicted octanol–water partition coefficient (Wildman–Crippen LogP) is 3.52. The van der Waals surface area contributed by atoms with Crippen LogP contribution in [0.1, 0.15) is 43.1 Å². The van der Waals surface area contributed by atoms with Crippen molar-refractivity contribution >= 4 is 5.97 Å². The topological polar surface area (TPSA) is 44.1 Å². The summed E-state index contributed by atoms with van der Waals surface area (Å²) in [6.07, 6.45) is 6.22. The Bertz CT molecular complexity index is 576. The average molecular weight is 286 g/mol. The first-order chi connectivity index (χ1) is 10.0. The van der Waals surface area contributed by atoms with Gasteiger partial charge in [0.2, 0.25) is 0 Å². The van der Waals surface area contributed by atoms with Gasteiger partial charge in [-0.25, -0.2) is 9.78 Å². The molecule has 1 aromatic carbocycles. The summed E-state index contributed by atoms with van der Waals surface area (Å²) in [5.74, 6) is 0.260. The number of benzene rings is 1. The van der Waals surface area contributed by atoms with Crippen molar-refractivity contribution in [2.45, 2.75) is 39.8 Å². The highest BCUT2D eigenvalue weighted by Gasteiger charge is 2.13. The molecule has 0 amide bonds. The zero-order valence-corrected chi connectivity index (χ0v) is 12.8. The lowest BCUT2D eigenvalue weighted by atomic mass is 10.1. The minimum Gasteiger partial charge on any atom is -0.459 e. The zero-order chi connectivity index (χ0) is 15.2. The van der Waals surface area contributed by atoms with Gasteiger partial charge in [0.15, 0.2) is 0 Å². The van der Waals surface area contributed by atoms with Crippen LogP contribution in [0.2, 0.25) is 0 Å². The van der Waals surface area contributed by atoms with Gasteiger partial charge in [0.1, 0.15) is 0 Å². The second-order valence-corrected chi connectivity index (χ2v) is 5.78. The molecule has 0 N–H and O–H groups in total. The van der Waals surface area contributed by atoms with Gasteiger partial charge in [0.05, 0.1) is 18.0 Å². The number of imidazole rings is 1. The van der Waals surface area contributed by atoms with Crippen molar-refractivity contribution in [2.75, 3.05) is 0 Å². The van der Waals surface area contributed by atoms with Crippen molar-refractivity contribution < 1.29 is 9.53 Å². The summed E-state index contributed by atoms with van der Waals surface area (Å²) in [5, 5.41) is 0. The smallest absolute Gasteiger partial charge is 0.338 e. The Morgan fingerprint density at radius 3 is 2.81 bits per heavy atom. The average Bonchev–Trinajstić information content (AvgIpc) is 2.90. The first-order valence-electron chi connectivity index (χ1n) is 7.30. The predicted molar refractivity (Wildman–Crippen MR) is 82.1 cm³/mol. The third kappa shape index (κ3) is 4.74. The van der Waals surface area contributed by atoms with E-state index in [0.29, 0.717) is 18.0 Å². The molecule has 0 saturated carbocycles. The van der Waals surface area contributed by atoms with Crippen LogP contribution in [-0.2, 0) is 11.3 Å². The molecule has 112 valence electrons. The van der Waals surface area contributed by atoms with Crippen molar-refractivity contribution in [3.63, 3.8) is 0 Å². The van der Waals surface area contributed by atoms with Crippen LogP contribution in [0.3, 0.4) is 0 Å². The van der Waals surface area contributed by atoms with Crippen molar-refractivity contribution in [1.29, 1.82) is 0 Å². The van der Waals surface area contributed by atoms with E-state index in [1.54, 1.807) is 18.6 Å². The Morgan fingerprint density at radius 2 is 2.14 bits per heavy atom. The largest absolute Gasteiger partial charge is 0.459 e. The van der Waals surface area contributed by atoms with Crippen molar-refractivity contribution in [1.82, 2.24) is 9.55 Å². The molecule has 1 atom stereocenters. The third-order valence-corrected chi connectivity index (χ3v) is 3.20. The van der Waals surface area contributed by atoms with Gasteiger partial charge in [-0.1, -0.05) is 26.0 Å². The van der Waals surface area contributed by atoms with Gasteiger partial charge < -0.3 is 9.30 Å². The number of esters is 1. The number of ether oxygens (including phenoxy) is 1. The van der Waals surface area contributed by atoms with Gasteiger partial charge in [-0.3, -0.25) is 0 Å². The van der Waals surface area contributed by atoms with E-state index in [2.05, 4.69) is 18.8 Å². The summed E-state index contributed by atoms with van der Waals surface area (Å²) in [7, 11) is 0. The normalized spacial score (nSPS) is 12.4. The monoisotopic (exact) mass is 286 g/mol. The van der Waals surface area contributed by atoms with Crippen LogP contribution < -0.4 is 0 Å². The van der Waals surface area contributed by atoms with Gasteiger partial charge in [-0.2, -0.15) is 0 Å². The van der Waals surface area contributed by atoms with Crippen LogP contribution in [0.5, 0.6) is 0 Å². The second-order valence-electron chi connectivity index (χ2n) is 5.78. The zero-order valence-electron chi connectivity index (χ0n) is 12.8. The molecule has 0 aliphatic carbocycles. The maximum absolute atomic E-state index is 12.1. The van der Waals surface area contributed by atoms with E-state index in [0.717, 1.165) is 12.0 Å². The van der Waals surface area contributed by atoms with E-state index in [4.69, 9.17) is 4.74 Å². The lowest BCUT2D eigenvalue weighted by Crippen LogP contribution is -2.17. The van der Waals surface area contributed by atoms with Gasteiger partial charge in [-0.15, -0.1) is 0 Å². The number of aromatic nitrogens is 2. The summed E-state index contributed by atoms with van der Waals surface area (Å²) in [6, 6.07) is 7.55. The van der Waals surface area contributed by atoms with E-state index in [1.807, 2.05) is 35.9 Å². The SMILES string of the molecule is CC(C)C[C@H](C)OC(=O)c1cccc(Cn2ccnc2)c1. The number of carbonyl (C=O) groups is 1. The fourth-order valence-corrected chi connectivity index (χ4v) is 2.35. The van der Waals surface area contributed by atoms with Crippen molar-refractivity contribution in [3.05, 3.63) is 54.1 Å². The van der Waals surface area contributed by atoms with E-state index in [-0.39, 0.29) is 12.1 Å². The van der Waals surface area contributed by atoms with E-state index < -0.39 is 0 Å². The molecule has 0 unspecified atom stereocenters. The molecule has 0 spiro atoms. The molecule has 0 fully saturated rings. The van der Waals surface area contributed by atoms with Gasteiger partial charge in [-0.05, 0) is 37.0 Å². The van der Waals surface area contributed by atoms with Crippen LogP contribution in [0.25, 0.3) is 0 Å². The van der Waals surface area contributed by atoms with Crippen LogP contribution in [0.15, 0.2) is 43.0 Å². The van der Waals surface area contributed by atoms with Crippen LogP contribution in [0, 0.1) is 5.92 Å². The highest BCUT2D eigenvalue weighted by atomic mass is 16.5. The van der Waals surface area contributed by atoms with Crippen molar-refractivity contribution in [3.8, 4) is 0 Å². The lowest BCUT2D eigenvalue weighted by molar-refractivity contribution is 0.0299. The van der Waals surface area contributed by atoms with Crippen LogP contribution in [0.4, 0.5) is 0 Å². The van der Waals surface area contributed by atoms with Crippen molar-refractivity contribution in [2.24, 2.45) is 5.92 Å². The molecule has 1 heterocycles. The molecule has 1 aromatic heterocycles. The number of rotatable bonds is 6. The molecule has 2 aromatic rings. The standard InChI is InChI=1S/C17H22N2O2/c1-13(2)9-14(3)21-17(20)16-6-4-5-15(10-16)11-19-8-7-18-12-19/h4-8,10,12-14H,9,11H2,1-3H3/t14-/m0/s1. The highest BCUT2D eigenvalue weighted by molar-refractivity contribution is 5.89. The van der Waals surface area contributed by atoms with Crippen LogP contribution >= 0.6 is 0 Å². The maximum Gasteiger partial charge on any atom is 0.338 e. The fourth-order valence-electron chi connectivity index (χ4n) is 2.35. The molecule has 0 aliphatic rings. The Kier molecular flexibility index (Phi) is 5.14. The Hall–Kier alpha value is -2.10. The summed E-state index contributed by atoms with van der Waals surface area (Å²) in [5.41, 5.74) is 1.65. The van der Waals surface area contributed by atoms with E-state index >= 15 is 0 Å². The fraction of sp³-hybridized carbons (Fsp3) is 0.412. The number of hydrogen-bond donors (Lipinski definition) is 0. The maximum atomic E-state index is 12.1. The third-order valence-electron chi connectivity index (χ3n) is 3.20. The molecule has 0 bridgehead atoms. The minimum absolute atomic E-state index is 0.0604. The number of hydrogen-bond acceptors (Lipinski definition) is 3. The van der Waals surface area contributed by atoms with E-state index in [1.165, 1.54) is 0 Å². The summed E-state index contributed by atoms with van der Waals surface area (Å²) in [4.78, 5) is 16.2. The number of nitrogens with zero attached hydrogens (tertiary/aromatic N) is 2. The first kappa shape index (κ1) is 15.3. The van der Waals surface area contributed by atoms with Crippen LogP contribution in [-0.4, -0.2) is 21.6 Å². The molecule has 4 heteroatoms. The molecular weight excluding hydrogens is 264 g/mol. The number of carbonyl (C=O) groups excluding carboxylic acids is 1. The van der Waals surface area contributed by atoms with E-state index in [9.17, 15) is 4.79 Å². The molecule has 2 rings (SSSR count). The molecule has 21 heavy (non-hydrogen) atoms. The van der Waals surface area contributed by atoms with Gasteiger partial charge in [0.25, 0.3) is 0 Å². The minimum atomic E-state index is -0.254. The molecule has 4 nitrogen and oxygen atoms in total. The molecule has 0 radical (unpaired) electrons. The molecule has 0 aliphatic heterocycles. The first-order valence-corrected chi connectivity index (χ1v) is 7.30.